The molecule has 7 heteroatoms. The van der Waals surface area contributed by atoms with E-state index in [2.05, 4.69) is 57.7 Å². The molecule has 0 aliphatic carbocycles. The number of fused-ring (bicyclic) bond motifs is 7. The molecule has 9 aromatic rings. The molecule has 0 saturated heterocycles. The predicted molar refractivity (Wildman–Crippen MR) is 189 cm³/mol. The van der Waals surface area contributed by atoms with Crippen LogP contribution in [0.5, 0.6) is 0 Å². The van der Waals surface area contributed by atoms with Gasteiger partial charge in [-0.2, -0.15) is 20.5 Å². The molecule has 0 spiro atoms. The van der Waals surface area contributed by atoms with Gasteiger partial charge in [-0.05, 0) is 36.4 Å². The summed E-state index contributed by atoms with van der Waals surface area (Å²) in [5.74, 6) is 1.67. The lowest BCUT2D eigenvalue weighted by molar-refractivity contribution is 0.953. The van der Waals surface area contributed by atoms with Crippen LogP contribution in [0.2, 0.25) is 0 Å². The van der Waals surface area contributed by atoms with Gasteiger partial charge in [0.15, 0.2) is 11.6 Å². The Morgan fingerprint density at radius 2 is 1.08 bits per heavy atom. The highest BCUT2D eigenvalue weighted by Crippen LogP contribution is 2.42. The van der Waals surface area contributed by atoms with Crippen LogP contribution in [0.3, 0.4) is 0 Å². The Hall–Kier alpha value is -7.09. The monoisotopic (exact) mass is 613 g/mol. The van der Waals surface area contributed by atoms with E-state index in [1.54, 1.807) is 12.1 Å². The third-order valence-electron chi connectivity index (χ3n) is 8.84. The van der Waals surface area contributed by atoms with Crippen molar-refractivity contribution in [1.29, 1.82) is 10.5 Å². The third-order valence-corrected chi connectivity index (χ3v) is 8.84. The Morgan fingerprint density at radius 3 is 1.73 bits per heavy atom. The number of benzene rings is 6. The smallest absolute Gasteiger partial charge is 0.238 e. The number of nitrogens with zero attached hydrogens (tertiary/aromatic N) is 7. The summed E-state index contributed by atoms with van der Waals surface area (Å²) in [5.41, 5.74) is 7.17. The van der Waals surface area contributed by atoms with Crippen LogP contribution in [0.1, 0.15) is 11.1 Å². The minimum atomic E-state index is 0.426. The Balaban J connectivity index is 1.43. The first-order valence-corrected chi connectivity index (χ1v) is 15.5. The van der Waals surface area contributed by atoms with Crippen LogP contribution in [-0.2, 0) is 0 Å². The number of hydrogen-bond acceptors (Lipinski definition) is 5. The molecule has 0 fully saturated rings. The van der Waals surface area contributed by atoms with E-state index in [9.17, 15) is 10.5 Å². The lowest BCUT2D eigenvalue weighted by Gasteiger charge is -2.12. The van der Waals surface area contributed by atoms with Crippen molar-refractivity contribution in [2.75, 3.05) is 0 Å². The number of hydrogen-bond donors (Lipinski definition) is 0. The molecule has 0 aliphatic rings. The molecular formula is C41H23N7. The summed E-state index contributed by atoms with van der Waals surface area (Å²) in [6.45, 7) is 0. The Labute approximate surface area is 274 Å². The second kappa shape index (κ2) is 10.8. The molecule has 0 atom stereocenters. The fourth-order valence-electron chi connectivity index (χ4n) is 6.76. The van der Waals surface area contributed by atoms with Crippen molar-refractivity contribution in [2.24, 2.45) is 0 Å². The molecule has 9 rings (SSSR count). The molecule has 222 valence electrons. The largest absolute Gasteiger partial charge is 0.307 e. The van der Waals surface area contributed by atoms with E-state index in [1.165, 1.54) is 0 Å². The number of aromatic nitrogens is 5. The highest BCUT2D eigenvalue weighted by Gasteiger charge is 2.23. The van der Waals surface area contributed by atoms with Crippen molar-refractivity contribution in [3.05, 3.63) is 151 Å². The zero-order valence-electron chi connectivity index (χ0n) is 25.4. The predicted octanol–water partition coefficient (Wildman–Crippen LogP) is 9.14. The van der Waals surface area contributed by atoms with Gasteiger partial charge in [0.2, 0.25) is 5.95 Å². The van der Waals surface area contributed by atoms with E-state index >= 15 is 0 Å². The second-order valence-corrected chi connectivity index (χ2v) is 11.5. The highest BCUT2D eigenvalue weighted by molar-refractivity contribution is 6.26. The SMILES string of the molecule is N#Cc1ccc(-n2c3ccccc3c3ccc4c(c5ccccc5n4-c4nc(-c5ccccc5)nc(-c5ccccc5)n4)c32)c(C#N)c1. The third kappa shape index (κ3) is 4.09. The average molecular weight is 614 g/mol. The summed E-state index contributed by atoms with van der Waals surface area (Å²) in [5, 5.41) is 24.0. The van der Waals surface area contributed by atoms with E-state index in [0.29, 0.717) is 34.4 Å². The minimum Gasteiger partial charge on any atom is -0.307 e. The molecule has 3 heterocycles. The van der Waals surface area contributed by atoms with Gasteiger partial charge in [-0.3, -0.25) is 4.57 Å². The molecule has 0 aliphatic heterocycles. The molecule has 0 N–H and O–H groups in total. The Bertz CT molecular complexity index is 2740. The van der Waals surface area contributed by atoms with Gasteiger partial charge in [-0.25, -0.2) is 4.98 Å². The topological polar surface area (TPSA) is 96.1 Å². The summed E-state index contributed by atoms with van der Waals surface area (Å²) >= 11 is 0. The summed E-state index contributed by atoms with van der Waals surface area (Å²) in [7, 11) is 0. The maximum Gasteiger partial charge on any atom is 0.238 e. The van der Waals surface area contributed by atoms with Crippen molar-refractivity contribution in [1.82, 2.24) is 24.1 Å². The van der Waals surface area contributed by atoms with Gasteiger partial charge in [0.05, 0.1) is 45.0 Å². The quantitative estimate of drug-likeness (QED) is 0.197. The lowest BCUT2D eigenvalue weighted by Crippen LogP contribution is -2.06. The first-order valence-electron chi connectivity index (χ1n) is 15.5. The fourth-order valence-corrected chi connectivity index (χ4v) is 6.76. The molecule has 48 heavy (non-hydrogen) atoms. The molecule has 0 amide bonds. The van der Waals surface area contributed by atoms with Gasteiger partial charge in [-0.1, -0.05) is 103 Å². The Kier molecular flexibility index (Phi) is 6.11. The van der Waals surface area contributed by atoms with Crippen LogP contribution in [0.15, 0.2) is 140 Å². The van der Waals surface area contributed by atoms with Crippen LogP contribution in [0.25, 0.3) is 78.0 Å². The van der Waals surface area contributed by atoms with E-state index in [1.807, 2.05) is 91.0 Å². The Morgan fingerprint density at radius 1 is 0.479 bits per heavy atom. The first kappa shape index (κ1) is 27.2. The van der Waals surface area contributed by atoms with Crippen LogP contribution < -0.4 is 0 Å². The number of nitriles is 2. The maximum atomic E-state index is 10.3. The van der Waals surface area contributed by atoms with E-state index in [4.69, 9.17) is 15.0 Å². The van der Waals surface area contributed by atoms with E-state index in [-0.39, 0.29) is 0 Å². The normalized spacial score (nSPS) is 11.3. The summed E-state index contributed by atoms with van der Waals surface area (Å²) < 4.78 is 4.26. The van der Waals surface area contributed by atoms with Crippen LogP contribution in [0.4, 0.5) is 0 Å². The zero-order chi connectivity index (χ0) is 32.2. The van der Waals surface area contributed by atoms with Gasteiger partial charge in [0.25, 0.3) is 0 Å². The van der Waals surface area contributed by atoms with Gasteiger partial charge in [0.1, 0.15) is 6.07 Å². The molecule has 7 nitrogen and oxygen atoms in total. The molecule has 6 aromatic carbocycles. The van der Waals surface area contributed by atoms with Gasteiger partial charge in [0, 0.05) is 32.7 Å². The average Bonchev–Trinajstić information content (AvgIpc) is 3.68. The van der Waals surface area contributed by atoms with E-state index in [0.717, 1.165) is 54.7 Å². The van der Waals surface area contributed by atoms with Crippen molar-refractivity contribution in [3.8, 4) is 46.5 Å². The van der Waals surface area contributed by atoms with Crippen LogP contribution in [0, 0.1) is 22.7 Å². The molecule has 0 bridgehead atoms. The number of para-hydroxylation sites is 2. The van der Waals surface area contributed by atoms with Crippen LogP contribution in [-0.4, -0.2) is 24.1 Å². The molecule has 3 aromatic heterocycles. The zero-order valence-corrected chi connectivity index (χ0v) is 25.4. The van der Waals surface area contributed by atoms with Gasteiger partial charge >= 0.3 is 0 Å². The second-order valence-electron chi connectivity index (χ2n) is 11.5. The standard InChI is InChI=1S/C41H23N7/c42-24-26-19-21-33(29(23-26)25-43)47-34-17-9-7-15-30(34)31-20-22-36-37(38(31)47)32-16-8-10-18-35(32)48(36)41-45-39(27-11-3-1-4-12-27)44-40(46-41)28-13-5-2-6-14-28/h1-23H. The molecule has 0 saturated carbocycles. The van der Waals surface area contributed by atoms with Gasteiger partial charge < -0.3 is 4.57 Å². The summed E-state index contributed by atoms with van der Waals surface area (Å²) in [6, 6.07) is 50.5. The molecule has 0 radical (unpaired) electrons. The minimum absolute atomic E-state index is 0.426. The molecular weight excluding hydrogens is 591 g/mol. The molecule has 0 unspecified atom stereocenters. The fraction of sp³-hybridized carbons (Fsp3) is 0. The number of rotatable bonds is 4. The highest BCUT2D eigenvalue weighted by atomic mass is 15.2. The van der Waals surface area contributed by atoms with Crippen molar-refractivity contribution in [3.63, 3.8) is 0 Å². The maximum absolute atomic E-state index is 10.3. The van der Waals surface area contributed by atoms with Crippen molar-refractivity contribution >= 4 is 43.6 Å². The van der Waals surface area contributed by atoms with Crippen molar-refractivity contribution in [2.45, 2.75) is 0 Å². The van der Waals surface area contributed by atoms with Crippen molar-refractivity contribution < 1.29 is 0 Å². The summed E-state index contributed by atoms with van der Waals surface area (Å²) in [6.07, 6.45) is 0. The van der Waals surface area contributed by atoms with Gasteiger partial charge in [-0.15, -0.1) is 0 Å². The van der Waals surface area contributed by atoms with E-state index < -0.39 is 0 Å². The first-order chi connectivity index (χ1) is 23.7. The summed E-state index contributed by atoms with van der Waals surface area (Å²) in [4.78, 5) is 15.1. The van der Waals surface area contributed by atoms with Crippen LogP contribution >= 0.6 is 0 Å². The lowest BCUT2D eigenvalue weighted by atomic mass is 10.1.